The van der Waals surface area contributed by atoms with Crippen molar-refractivity contribution in [3.05, 3.63) is 42.2 Å². The van der Waals surface area contributed by atoms with Gasteiger partial charge < -0.3 is 10.5 Å². The summed E-state index contributed by atoms with van der Waals surface area (Å²) in [5, 5.41) is 2.28. The van der Waals surface area contributed by atoms with Gasteiger partial charge in [-0.2, -0.15) is 0 Å². The zero-order valence-corrected chi connectivity index (χ0v) is 11.9. The van der Waals surface area contributed by atoms with Crippen molar-refractivity contribution >= 4 is 10.8 Å². The molecule has 2 rings (SSSR count). The Balaban J connectivity index is 2.55. The lowest BCUT2D eigenvalue weighted by molar-refractivity contribution is -0.0382. The van der Waals surface area contributed by atoms with Crippen LogP contribution in [0.25, 0.3) is 10.8 Å². The SMILES string of the molecule is CCC(CC)(OC)C(N)c1cccc2ccncc12. The summed E-state index contributed by atoms with van der Waals surface area (Å²) in [4.78, 5) is 4.22. The van der Waals surface area contributed by atoms with E-state index in [4.69, 9.17) is 10.5 Å². The number of rotatable bonds is 5. The van der Waals surface area contributed by atoms with Crippen molar-refractivity contribution in [3.63, 3.8) is 0 Å². The monoisotopic (exact) mass is 258 g/mol. The summed E-state index contributed by atoms with van der Waals surface area (Å²) in [6, 6.07) is 8.06. The molecule has 0 aliphatic heterocycles. The minimum absolute atomic E-state index is 0.152. The highest BCUT2D eigenvalue weighted by Gasteiger charge is 2.35. The second kappa shape index (κ2) is 5.68. The fraction of sp³-hybridized carbons (Fsp3) is 0.438. The Kier molecular flexibility index (Phi) is 4.17. The smallest absolute Gasteiger partial charge is 0.0865 e. The first-order valence-electron chi connectivity index (χ1n) is 6.82. The third-order valence-electron chi connectivity index (χ3n) is 4.22. The van der Waals surface area contributed by atoms with E-state index in [9.17, 15) is 0 Å². The Morgan fingerprint density at radius 3 is 2.63 bits per heavy atom. The number of fused-ring (bicyclic) bond motifs is 1. The zero-order valence-electron chi connectivity index (χ0n) is 11.9. The van der Waals surface area contributed by atoms with Crippen LogP contribution in [-0.2, 0) is 4.74 Å². The molecule has 0 amide bonds. The van der Waals surface area contributed by atoms with Gasteiger partial charge in [-0.25, -0.2) is 0 Å². The highest BCUT2D eigenvalue weighted by Crippen LogP contribution is 2.35. The average molecular weight is 258 g/mol. The standard InChI is InChI=1S/C16H22N2O/c1-4-16(5-2,19-3)15(17)13-8-6-7-12-9-10-18-11-14(12)13/h6-11,15H,4-5,17H2,1-3H3. The molecule has 0 spiro atoms. The first-order valence-corrected chi connectivity index (χ1v) is 6.82. The van der Waals surface area contributed by atoms with E-state index in [1.54, 1.807) is 13.3 Å². The predicted octanol–water partition coefficient (Wildman–Crippen LogP) is 3.44. The van der Waals surface area contributed by atoms with Crippen molar-refractivity contribution in [2.24, 2.45) is 5.73 Å². The zero-order chi connectivity index (χ0) is 13.9. The molecule has 19 heavy (non-hydrogen) atoms. The van der Waals surface area contributed by atoms with E-state index < -0.39 is 0 Å². The number of hydrogen-bond acceptors (Lipinski definition) is 3. The number of hydrogen-bond donors (Lipinski definition) is 1. The van der Waals surface area contributed by atoms with Crippen LogP contribution in [0.3, 0.4) is 0 Å². The van der Waals surface area contributed by atoms with E-state index in [0.29, 0.717) is 0 Å². The summed E-state index contributed by atoms with van der Waals surface area (Å²) in [6.07, 6.45) is 5.47. The van der Waals surface area contributed by atoms with Gasteiger partial charge in [0.1, 0.15) is 0 Å². The number of pyridine rings is 1. The van der Waals surface area contributed by atoms with Crippen molar-refractivity contribution in [3.8, 4) is 0 Å². The van der Waals surface area contributed by atoms with Crippen molar-refractivity contribution in [1.82, 2.24) is 4.98 Å². The quantitative estimate of drug-likeness (QED) is 0.893. The summed E-state index contributed by atoms with van der Waals surface area (Å²) < 4.78 is 5.76. The molecule has 1 aromatic heterocycles. The van der Waals surface area contributed by atoms with Crippen LogP contribution in [0.5, 0.6) is 0 Å². The fourth-order valence-electron chi connectivity index (χ4n) is 2.80. The number of benzene rings is 1. The Morgan fingerprint density at radius 1 is 1.26 bits per heavy atom. The molecule has 2 N–H and O–H groups in total. The molecule has 1 atom stereocenters. The Bertz CT molecular complexity index is 536. The minimum atomic E-state index is -0.315. The summed E-state index contributed by atoms with van der Waals surface area (Å²) in [5.74, 6) is 0. The van der Waals surface area contributed by atoms with E-state index >= 15 is 0 Å². The van der Waals surface area contributed by atoms with Crippen molar-refractivity contribution in [2.75, 3.05) is 7.11 Å². The van der Waals surface area contributed by atoms with Gasteiger partial charge in [-0.15, -0.1) is 0 Å². The van der Waals surface area contributed by atoms with Crippen molar-refractivity contribution < 1.29 is 4.74 Å². The molecule has 1 unspecified atom stereocenters. The molecular formula is C16H22N2O. The second-order valence-corrected chi connectivity index (χ2v) is 4.90. The summed E-state index contributed by atoms with van der Waals surface area (Å²) in [5.41, 5.74) is 7.31. The van der Waals surface area contributed by atoms with Crippen LogP contribution in [0.15, 0.2) is 36.7 Å². The summed E-state index contributed by atoms with van der Waals surface area (Å²) in [7, 11) is 1.75. The van der Waals surface area contributed by atoms with Gasteiger partial charge in [0.25, 0.3) is 0 Å². The van der Waals surface area contributed by atoms with Crippen LogP contribution in [0.1, 0.15) is 38.3 Å². The van der Waals surface area contributed by atoms with Crippen LogP contribution < -0.4 is 5.73 Å². The van der Waals surface area contributed by atoms with Crippen LogP contribution in [0, 0.1) is 0 Å². The molecule has 0 saturated heterocycles. The van der Waals surface area contributed by atoms with E-state index in [1.807, 2.05) is 18.3 Å². The van der Waals surface area contributed by atoms with Gasteiger partial charge in [-0.05, 0) is 29.9 Å². The topological polar surface area (TPSA) is 48.1 Å². The van der Waals surface area contributed by atoms with Gasteiger partial charge in [0.05, 0.1) is 11.6 Å². The van der Waals surface area contributed by atoms with Crippen LogP contribution in [0.2, 0.25) is 0 Å². The lowest BCUT2D eigenvalue weighted by Crippen LogP contribution is -2.42. The Hall–Kier alpha value is -1.45. The van der Waals surface area contributed by atoms with Gasteiger partial charge >= 0.3 is 0 Å². The van der Waals surface area contributed by atoms with Gasteiger partial charge in [0.15, 0.2) is 0 Å². The molecule has 0 fully saturated rings. The number of ether oxygens (including phenoxy) is 1. The second-order valence-electron chi connectivity index (χ2n) is 4.90. The van der Waals surface area contributed by atoms with Crippen molar-refractivity contribution in [2.45, 2.75) is 38.3 Å². The molecule has 3 heteroatoms. The highest BCUT2D eigenvalue weighted by atomic mass is 16.5. The van der Waals surface area contributed by atoms with E-state index in [-0.39, 0.29) is 11.6 Å². The molecule has 0 bridgehead atoms. The molecule has 0 radical (unpaired) electrons. The third kappa shape index (κ3) is 2.36. The predicted molar refractivity (Wildman–Crippen MR) is 79.0 cm³/mol. The Labute approximate surface area is 114 Å². The maximum Gasteiger partial charge on any atom is 0.0865 e. The van der Waals surface area contributed by atoms with E-state index in [0.717, 1.165) is 23.8 Å². The number of methoxy groups -OCH3 is 1. The first kappa shape index (κ1) is 14.0. The lowest BCUT2D eigenvalue weighted by atomic mass is 9.83. The Morgan fingerprint density at radius 2 is 2.00 bits per heavy atom. The molecule has 0 saturated carbocycles. The number of nitrogens with zero attached hydrogens (tertiary/aromatic N) is 1. The maximum absolute atomic E-state index is 6.52. The molecule has 3 nitrogen and oxygen atoms in total. The summed E-state index contributed by atoms with van der Waals surface area (Å²) >= 11 is 0. The molecule has 0 aliphatic carbocycles. The van der Waals surface area contributed by atoms with Crippen LogP contribution >= 0.6 is 0 Å². The highest BCUT2D eigenvalue weighted by molar-refractivity contribution is 5.85. The normalized spacial score (nSPS) is 13.7. The fourth-order valence-corrected chi connectivity index (χ4v) is 2.80. The average Bonchev–Trinajstić information content (AvgIpc) is 2.49. The largest absolute Gasteiger partial charge is 0.376 e. The third-order valence-corrected chi connectivity index (χ3v) is 4.22. The molecule has 0 aliphatic rings. The van der Waals surface area contributed by atoms with Gasteiger partial charge in [-0.1, -0.05) is 32.0 Å². The van der Waals surface area contributed by atoms with Crippen LogP contribution in [0.4, 0.5) is 0 Å². The molecule has 102 valence electrons. The lowest BCUT2D eigenvalue weighted by Gasteiger charge is -2.36. The number of nitrogens with two attached hydrogens (primary N) is 1. The summed E-state index contributed by atoms with van der Waals surface area (Å²) in [6.45, 7) is 4.24. The van der Waals surface area contributed by atoms with Crippen LogP contribution in [-0.4, -0.2) is 17.7 Å². The van der Waals surface area contributed by atoms with E-state index in [2.05, 4.69) is 31.0 Å². The van der Waals surface area contributed by atoms with E-state index in [1.165, 1.54) is 5.39 Å². The number of aromatic nitrogens is 1. The minimum Gasteiger partial charge on any atom is -0.376 e. The van der Waals surface area contributed by atoms with Crippen molar-refractivity contribution in [1.29, 1.82) is 0 Å². The molecular weight excluding hydrogens is 236 g/mol. The van der Waals surface area contributed by atoms with Gasteiger partial charge in [0, 0.05) is 24.9 Å². The maximum atomic E-state index is 6.52. The van der Waals surface area contributed by atoms with Gasteiger partial charge in [0.2, 0.25) is 0 Å². The molecule has 2 aromatic rings. The molecule has 1 heterocycles. The molecule has 1 aromatic carbocycles. The van der Waals surface area contributed by atoms with Gasteiger partial charge in [-0.3, -0.25) is 4.98 Å². The first-order chi connectivity index (χ1) is 9.18.